The van der Waals surface area contributed by atoms with Gasteiger partial charge < -0.3 is 4.74 Å². The Labute approximate surface area is 161 Å². The highest BCUT2D eigenvalue weighted by molar-refractivity contribution is 5.74. The third-order valence-corrected chi connectivity index (χ3v) is 8.44. The molecule has 4 fully saturated rings. The number of ether oxygens (including phenoxy) is 1. The van der Waals surface area contributed by atoms with E-state index in [1.165, 1.54) is 38.5 Å². The summed E-state index contributed by atoms with van der Waals surface area (Å²) >= 11 is 0. The lowest BCUT2D eigenvalue weighted by Gasteiger charge is -2.61. The Morgan fingerprint density at radius 2 is 1.31 bits per heavy atom. The molecule has 0 aromatic heterocycles. The topological polar surface area (TPSA) is 26.3 Å². The second-order valence-corrected chi connectivity index (χ2v) is 12.1. The number of carbonyl (C=O) groups excluding carboxylic acids is 1. The zero-order chi connectivity index (χ0) is 19.5. The highest BCUT2D eigenvalue weighted by Crippen LogP contribution is 2.64. The average molecular weight is 363 g/mol. The minimum absolute atomic E-state index is 0.0412. The van der Waals surface area contributed by atoms with Crippen LogP contribution in [0.1, 0.15) is 93.9 Å². The molecule has 150 valence electrons. The van der Waals surface area contributed by atoms with E-state index in [-0.39, 0.29) is 28.3 Å². The first-order valence-corrected chi connectivity index (χ1v) is 11.1. The summed E-state index contributed by atoms with van der Waals surface area (Å²) in [6.45, 7) is 17.7. The zero-order valence-electron chi connectivity index (χ0n) is 18.5. The van der Waals surface area contributed by atoms with Crippen LogP contribution >= 0.6 is 0 Å². The molecule has 4 aliphatic rings. The largest absolute Gasteiger partial charge is 0.459 e. The number of hydrogen-bond acceptors (Lipinski definition) is 2. The Balaban J connectivity index is 1.81. The molecule has 0 aromatic rings. The van der Waals surface area contributed by atoms with E-state index in [1.807, 2.05) is 0 Å². The molecule has 2 atom stereocenters. The van der Waals surface area contributed by atoms with Crippen molar-refractivity contribution in [2.75, 3.05) is 0 Å². The third-order valence-electron chi connectivity index (χ3n) is 8.44. The lowest BCUT2D eigenvalue weighted by molar-refractivity contribution is -0.207. The van der Waals surface area contributed by atoms with Gasteiger partial charge in [-0.3, -0.25) is 4.79 Å². The fraction of sp³-hybridized carbons (Fsp3) is 0.958. The van der Waals surface area contributed by atoms with Gasteiger partial charge in [0.2, 0.25) is 0 Å². The lowest BCUT2D eigenvalue weighted by atomic mass is 9.46. The van der Waals surface area contributed by atoms with E-state index in [2.05, 4.69) is 55.4 Å². The van der Waals surface area contributed by atoms with Gasteiger partial charge in [-0.15, -0.1) is 0 Å². The van der Waals surface area contributed by atoms with Crippen LogP contribution < -0.4 is 0 Å². The fourth-order valence-corrected chi connectivity index (χ4v) is 7.01. The van der Waals surface area contributed by atoms with Crippen LogP contribution in [0.3, 0.4) is 0 Å². The minimum Gasteiger partial charge on any atom is -0.459 e. The van der Waals surface area contributed by atoms with Gasteiger partial charge in [-0.25, -0.2) is 0 Å². The van der Waals surface area contributed by atoms with Gasteiger partial charge in [-0.2, -0.15) is 0 Å². The second-order valence-electron chi connectivity index (χ2n) is 12.1. The van der Waals surface area contributed by atoms with Crippen LogP contribution in [0.25, 0.3) is 0 Å². The van der Waals surface area contributed by atoms with Crippen molar-refractivity contribution in [3.05, 3.63) is 0 Å². The molecule has 0 amide bonds. The maximum atomic E-state index is 13.4. The summed E-state index contributed by atoms with van der Waals surface area (Å²) < 4.78 is 6.44. The summed E-state index contributed by atoms with van der Waals surface area (Å²) in [5, 5.41) is 0. The Hall–Kier alpha value is -0.530. The molecule has 0 saturated heterocycles. The standard InChI is InChI=1S/C24H42O2/c1-15(2)16(3)20(22(4,5)6)21(25)26-23(7,8)24-12-17-9-18(13-24)11-19(10-17)14-24/h15-20H,9-14H2,1-8H3. The highest BCUT2D eigenvalue weighted by Gasteiger charge is 2.59. The van der Waals surface area contributed by atoms with E-state index in [1.54, 1.807) is 0 Å². The molecule has 4 aliphatic carbocycles. The van der Waals surface area contributed by atoms with E-state index in [0.717, 1.165) is 17.8 Å². The van der Waals surface area contributed by atoms with Crippen LogP contribution in [0.15, 0.2) is 0 Å². The first kappa shape index (κ1) is 20.2. The van der Waals surface area contributed by atoms with Gasteiger partial charge in [0.05, 0.1) is 5.92 Å². The van der Waals surface area contributed by atoms with Gasteiger partial charge >= 0.3 is 5.97 Å². The van der Waals surface area contributed by atoms with Gasteiger partial charge in [0.25, 0.3) is 0 Å². The monoisotopic (exact) mass is 362 g/mol. The number of esters is 1. The normalized spacial score (nSPS) is 36.3. The van der Waals surface area contributed by atoms with Crippen molar-refractivity contribution < 1.29 is 9.53 Å². The van der Waals surface area contributed by atoms with Crippen molar-refractivity contribution in [1.82, 2.24) is 0 Å². The first-order chi connectivity index (χ1) is 11.8. The fourth-order valence-electron chi connectivity index (χ4n) is 7.01. The summed E-state index contributed by atoms with van der Waals surface area (Å²) in [6.07, 6.45) is 8.12. The molecule has 4 bridgehead atoms. The van der Waals surface area contributed by atoms with Crippen molar-refractivity contribution in [1.29, 1.82) is 0 Å². The molecule has 0 heterocycles. The lowest BCUT2D eigenvalue weighted by Crippen LogP contribution is -2.58. The second kappa shape index (κ2) is 6.52. The van der Waals surface area contributed by atoms with Crippen LogP contribution in [0.2, 0.25) is 0 Å². The molecular formula is C24H42O2. The predicted molar refractivity (Wildman–Crippen MR) is 108 cm³/mol. The van der Waals surface area contributed by atoms with Crippen molar-refractivity contribution in [2.45, 2.75) is 99.5 Å². The van der Waals surface area contributed by atoms with E-state index in [4.69, 9.17) is 4.74 Å². The average Bonchev–Trinajstić information content (AvgIpc) is 2.43. The van der Waals surface area contributed by atoms with E-state index in [0.29, 0.717) is 11.8 Å². The molecular weight excluding hydrogens is 320 g/mol. The van der Waals surface area contributed by atoms with Gasteiger partial charge in [0, 0.05) is 5.41 Å². The van der Waals surface area contributed by atoms with Gasteiger partial charge in [-0.05, 0) is 87.4 Å². The molecule has 4 rings (SSSR count). The summed E-state index contributed by atoms with van der Waals surface area (Å²) in [5.41, 5.74) is -0.195. The van der Waals surface area contributed by atoms with Crippen molar-refractivity contribution in [3.8, 4) is 0 Å². The zero-order valence-corrected chi connectivity index (χ0v) is 18.5. The van der Waals surface area contributed by atoms with E-state index >= 15 is 0 Å². The molecule has 4 saturated carbocycles. The summed E-state index contributed by atoms with van der Waals surface area (Å²) in [7, 11) is 0. The molecule has 2 unspecified atom stereocenters. The molecule has 2 heteroatoms. The summed E-state index contributed by atoms with van der Waals surface area (Å²) in [5.74, 6) is 3.45. The van der Waals surface area contributed by atoms with Crippen LogP contribution in [0.4, 0.5) is 0 Å². The molecule has 0 N–H and O–H groups in total. The van der Waals surface area contributed by atoms with Crippen molar-refractivity contribution >= 4 is 5.97 Å². The number of hydrogen-bond donors (Lipinski definition) is 0. The van der Waals surface area contributed by atoms with Crippen LogP contribution in [-0.2, 0) is 9.53 Å². The molecule has 0 radical (unpaired) electrons. The Morgan fingerprint density at radius 1 is 0.885 bits per heavy atom. The Morgan fingerprint density at radius 3 is 1.65 bits per heavy atom. The molecule has 2 nitrogen and oxygen atoms in total. The molecule has 0 aromatic carbocycles. The first-order valence-electron chi connectivity index (χ1n) is 11.1. The quantitative estimate of drug-likeness (QED) is 0.523. The van der Waals surface area contributed by atoms with Crippen molar-refractivity contribution in [3.63, 3.8) is 0 Å². The SMILES string of the molecule is CC(C)C(C)C(C(=O)OC(C)(C)C12CC3CC(CC(C3)C1)C2)C(C)(C)C. The van der Waals surface area contributed by atoms with Crippen molar-refractivity contribution in [2.24, 2.45) is 46.3 Å². The minimum atomic E-state index is -0.347. The van der Waals surface area contributed by atoms with Crippen LogP contribution in [0, 0.1) is 46.3 Å². The Bertz CT molecular complexity index is 502. The number of carbonyl (C=O) groups is 1. The molecule has 0 aliphatic heterocycles. The van der Waals surface area contributed by atoms with Gasteiger partial charge in [0.15, 0.2) is 0 Å². The summed E-state index contributed by atoms with van der Waals surface area (Å²) in [4.78, 5) is 13.4. The molecule has 0 spiro atoms. The summed E-state index contributed by atoms with van der Waals surface area (Å²) in [6, 6.07) is 0. The molecule has 26 heavy (non-hydrogen) atoms. The van der Waals surface area contributed by atoms with E-state index in [9.17, 15) is 4.79 Å². The predicted octanol–water partition coefficient (Wildman–Crippen LogP) is 6.48. The highest BCUT2D eigenvalue weighted by atomic mass is 16.6. The maximum Gasteiger partial charge on any atom is 0.310 e. The van der Waals surface area contributed by atoms with E-state index < -0.39 is 0 Å². The van der Waals surface area contributed by atoms with Crippen LogP contribution in [-0.4, -0.2) is 11.6 Å². The number of rotatable bonds is 5. The Kier molecular flexibility index (Phi) is 5.07. The van der Waals surface area contributed by atoms with Gasteiger partial charge in [-0.1, -0.05) is 41.5 Å². The van der Waals surface area contributed by atoms with Crippen LogP contribution in [0.5, 0.6) is 0 Å². The smallest absolute Gasteiger partial charge is 0.310 e. The third kappa shape index (κ3) is 3.47. The maximum absolute atomic E-state index is 13.4. The van der Waals surface area contributed by atoms with Gasteiger partial charge in [0.1, 0.15) is 5.60 Å².